The van der Waals surface area contributed by atoms with Crippen molar-refractivity contribution in [3.63, 3.8) is 0 Å². The van der Waals surface area contributed by atoms with Gasteiger partial charge >= 0.3 is 5.69 Å². The molecule has 0 aliphatic carbocycles. The first kappa shape index (κ1) is 31.9. The van der Waals surface area contributed by atoms with E-state index in [9.17, 15) is 14.9 Å². The molecule has 5 rings (SSSR count). The number of nitrogens with zero attached hydrogens (tertiary/aromatic N) is 4. The van der Waals surface area contributed by atoms with Crippen LogP contribution >= 0.6 is 0 Å². The number of benzene rings is 4. The van der Waals surface area contributed by atoms with Crippen molar-refractivity contribution in [2.24, 2.45) is 5.10 Å². The second-order valence-electron chi connectivity index (χ2n) is 11.2. The summed E-state index contributed by atoms with van der Waals surface area (Å²) in [5.74, 6) is 1.43. The highest BCUT2D eigenvalue weighted by Gasteiger charge is 2.23. The van der Waals surface area contributed by atoms with Gasteiger partial charge in [0.25, 0.3) is 5.56 Å². The summed E-state index contributed by atoms with van der Waals surface area (Å²) in [6.07, 6.45) is 1.39. The van der Waals surface area contributed by atoms with E-state index in [1.165, 1.54) is 17.0 Å². The van der Waals surface area contributed by atoms with Gasteiger partial charge in [0, 0.05) is 17.2 Å². The van der Waals surface area contributed by atoms with Crippen molar-refractivity contribution in [1.29, 1.82) is 0 Å². The molecule has 0 aliphatic rings. The van der Waals surface area contributed by atoms with Gasteiger partial charge in [-0.2, -0.15) is 9.78 Å². The van der Waals surface area contributed by atoms with E-state index < -0.39 is 4.92 Å². The first-order chi connectivity index (χ1) is 22.1. The van der Waals surface area contributed by atoms with Gasteiger partial charge < -0.3 is 14.2 Å². The Morgan fingerprint density at radius 2 is 1.74 bits per heavy atom. The summed E-state index contributed by atoms with van der Waals surface area (Å²) in [5.41, 5.74) is 4.68. The largest absolute Gasteiger partial charge is 0.496 e. The van der Waals surface area contributed by atoms with Crippen LogP contribution < -0.4 is 19.8 Å². The lowest BCUT2D eigenvalue weighted by Gasteiger charge is -2.17. The number of nitro groups is 1. The van der Waals surface area contributed by atoms with Gasteiger partial charge in [-0.15, -0.1) is 0 Å². The molecule has 0 saturated heterocycles. The van der Waals surface area contributed by atoms with Gasteiger partial charge in [0.2, 0.25) is 5.75 Å². The molecule has 1 aromatic heterocycles. The number of para-hydroxylation sites is 1. The molecule has 0 bridgehead atoms. The van der Waals surface area contributed by atoms with Crippen LogP contribution in [0.15, 0.2) is 82.7 Å². The van der Waals surface area contributed by atoms with E-state index in [1.54, 1.807) is 38.3 Å². The molecule has 0 unspecified atom stereocenters. The van der Waals surface area contributed by atoms with E-state index in [-0.39, 0.29) is 41.9 Å². The van der Waals surface area contributed by atoms with Crippen LogP contribution in [-0.2, 0) is 6.61 Å². The Kier molecular flexibility index (Phi) is 9.46. The highest BCUT2D eigenvalue weighted by Crippen LogP contribution is 2.39. The fourth-order valence-electron chi connectivity index (χ4n) is 5.16. The molecule has 10 heteroatoms. The van der Waals surface area contributed by atoms with Crippen LogP contribution in [0.1, 0.15) is 54.5 Å². The zero-order chi connectivity index (χ0) is 33.0. The van der Waals surface area contributed by atoms with Gasteiger partial charge in [-0.05, 0) is 73.7 Å². The standard InChI is InChI=1S/C36H36N4O6/c1-7-45-33-18-26(17-31(40(42)43)34(33)46-21-25-14-12-23(4)13-15-25)20-37-39-35(38-30-11-9-8-10-27(30)36(39)41)29-19-28(22(2)3)32(44-6)16-24(29)5/h8-20,22H,7,21H2,1-6H3. The molecule has 46 heavy (non-hydrogen) atoms. The first-order valence-corrected chi connectivity index (χ1v) is 15.0. The minimum atomic E-state index is -0.520. The molecule has 0 amide bonds. The summed E-state index contributed by atoms with van der Waals surface area (Å²) in [4.78, 5) is 30.4. The van der Waals surface area contributed by atoms with Crippen LogP contribution in [0.4, 0.5) is 5.69 Å². The lowest BCUT2D eigenvalue weighted by Crippen LogP contribution is -2.21. The van der Waals surface area contributed by atoms with Crippen molar-refractivity contribution in [3.8, 4) is 28.6 Å². The van der Waals surface area contributed by atoms with Gasteiger partial charge in [0.15, 0.2) is 11.6 Å². The molecule has 4 aromatic carbocycles. The number of rotatable bonds is 11. The summed E-state index contributed by atoms with van der Waals surface area (Å²) < 4.78 is 18.6. The summed E-state index contributed by atoms with van der Waals surface area (Å²) >= 11 is 0. The van der Waals surface area contributed by atoms with Crippen molar-refractivity contribution in [3.05, 3.63) is 121 Å². The Morgan fingerprint density at radius 1 is 1.00 bits per heavy atom. The fraction of sp³-hybridized carbons (Fsp3) is 0.250. The first-order valence-electron chi connectivity index (χ1n) is 15.0. The van der Waals surface area contributed by atoms with Gasteiger partial charge in [-0.3, -0.25) is 14.9 Å². The molecule has 10 nitrogen and oxygen atoms in total. The van der Waals surface area contributed by atoms with Gasteiger partial charge in [-0.25, -0.2) is 4.98 Å². The van der Waals surface area contributed by atoms with Crippen LogP contribution in [0.2, 0.25) is 0 Å². The summed E-state index contributed by atoms with van der Waals surface area (Å²) in [5, 5.41) is 17.2. The van der Waals surface area contributed by atoms with E-state index >= 15 is 0 Å². The maximum absolute atomic E-state index is 13.9. The molecular weight excluding hydrogens is 584 g/mol. The normalized spacial score (nSPS) is 11.4. The monoisotopic (exact) mass is 620 g/mol. The van der Waals surface area contributed by atoms with Crippen molar-refractivity contribution in [2.45, 2.75) is 47.1 Å². The predicted molar refractivity (Wildman–Crippen MR) is 180 cm³/mol. The third-order valence-corrected chi connectivity index (χ3v) is 7.57. The molecule has 0 spiro atoms. The quantitative estimate of drug-likeness (QED) is 0.0848. The van der Waals surface area contributed by atoms with Crippen molar-refractivity contribution < 1.29 is 19.1 Å². The highest BCUT2D eigenvalue weighted by atomic mass is 16.6. The number of hydrogen-bond acceptors (Lipinski definition) is 8. The average Bonchev–Trinajstić information content (AvgIpc) is 3.04. The number of aromatic nitrogens is 2. The van der Waals surface area contributed by atoms with Gasteiger partial charge in [-0.1, -0.05) is 55.8 Å². The number of hydrogen-bond donors (Lipinski definition) is 0. The number of aryl methyl sites for hydroxylation is 2. The highest BCUT2D eigenvalue weighted by molar-refractivity contribution is 5.84. The van der Waals surface area contributed by atoms with Crippen molar-refractivity contribution in [2.75, 3.05) is 13.7 Å². The summed E-state index contributed by atoms with van der Waals surface area (Å²) in [7, 11) is 1.63. The molecule has 0 saturated carbocycles. The minimum absolute atomic E-state index is 0.0184. The third-order valence-electron chi connectivity index (χ3n) is 7.57. The molecule has 1 heterocycles. The predicted octanol–water partition coefficient (Wildman–Crippen LogP) is 7.58. The average molecular weight is 621 g/mol. The summed E-state index contributed by atoms with van der Waals surface area (Å²) in [6, 6.07) is 21.6. The van der Waals surface area contributed by atoms with Crippen LogP contribution in [0.3, 0.4) is 0 Å². The Morgan fingerprint density at radius 3 is 2.41 bits per heavy atom. The molecule has 5 aromatic rings. The number of nitro benzene ring substituents is 1. The minimum Gasteiger partial charge on any atom is -0.496 e. The van der Waals surface area contributed by atoms with E-state index in [1.807, 2.05) is 56.3 Å². The Hall–Kier alpha value is -5.51. The van der Waals surface area contributed by atoms with Crippen LogP contribution in [0.5, 0.6) is 17.2 Å². The fourth-order valence-corrected chi connectivity index (χ4v) is 5.16. The van der Waals surface area contributed by atoms with Gasteiger partial charge in [0.1, 0.15) is 12.4 Å². The van der Waals surface area contributed by atoms with E-state index in [4.69, 9.17) is 19.2 Å². The Balaban J connectivity index is 1.64. The topological polar surface area (TPSA) is 118 Å². The van der Waals surface area contributed by atoms with Crippen LogP contribution in [0.25, 0.3) is 22.3 Å². The maximum Gasteiger partial charge on any atom is 0.315 e. The SMILES string of the molecule is CCOc1cc(C=Nn2c(-c3cc(C(C)C)c(OC)cc3C)nc3ccccc3c2=O)cc([N+](=O)[O-])c1OCc1ccc(C)cc1. The number of fused-ring (bicyclic) bond motifs is 1. The van der Waals surface area contributed by atoms with Crippen molar-refractivity contribution in [1.82, 2.24) is 9.66 Å². The molecule has 236 valence electrons. The molecule has 0 aliphatic heterocycles. The molecule has 0 fully saturated rings. The molecular formula is C36H36N4O6. The second-order valence-corrected chi connectivity index (χ2v) is 11.2. The Labute approximate surface area is 267 Å². The summed E-state index contributed by atoms with van der Waals surface area (Å²) in [6.45, 7) is 10.2. The van der Waals surface area contributed by atoms with Crippen molar-refractivity contribution >= 4 is 22.8 Å². The van der Waals surface area contributed by atoms with Crippen LogP contribution in [-0.4, -0.2) is 34.5 Å². The lowest BCUT2D eigenvalue weighted by molar-refractivity contribution is -0.386. The van der Waals surface area contributed by atoms with Gasteiger partial charge in [0.05, 0.1) is 35.8 Å². The van der Waals surface area contributed by atoms with Crippen LogP contribution in [0, 0.1) is 24.0 Å². The lowest BCUT2D eigenvalue weighted by atomic mass is 9.96. The zero-order valence-electron chi connectivity index (χ0n) is 26.7. The van der Waals surface area contributed by atoms with E-state index in [0.717, 1.165) is 28.0 Å². The second kappa shape index (κ2) is 13.6. The number of methoxy groups -OCH3 is 1. The third kappa shape index (κ3) is 6.61. The number of ether oxygens (including phenoxy) is 3. The van der Waals surface area contributed by atoms with E-state index in [0.29, 0.717) is 27.9 Å². The Bertz CT molecular complexity index is 2000. The molecule has 0 atom stereocenters. The maximum atomic E-state index is 13.9. The van der Waals surface area contributed by atoms with E-state index in [2.05, 4.69) is 18.9 Å². The zero-order valence-corrected chi connectivity index (χ0v) is 26.7. The molecule has 0 radical (unpaired) electrons. The molecule has 0 N–H and O–H groups in total. The smallest absolute Gasteiger partial charge is 0.315 e.